The van der Waals surface area contributed by atoms with Crippen molar-refractivity contribution >= 4 is 11.7 Å². The van der Waals surface area contributed by atoms with Gasteiger partial charge in [0, 0.05) is 24.6 Å². The lowest BCUT2D eigenvalue weighted by Gasteiger charge is -2.15. The van der Waals surface area contributed by atoms with Gasteiger partial charge in [0.2, 0.25) is 5.91 Å². The topological polar surface area (TPSA) is 81.4 Å². The summed E-state index contributed by atoms with van der Waals surface area (Å²) >= 11 is 0. The van der Waals surface area contributed by atoms with E-state index in [-0.39, 0.29) is 17.7 Å². The molecule has 1 atom stereocenters. The molecule has 0 bridgehead atoms. The molecule has 1 amide bonds. The van der Waals surface area contributed by atoms with Gasteiger partial charge in [0.1, 0.15) is 5.75 Å². The maximum absolute atomic E-state index is 11.8. The molecule has 0 heterocycles. The second kappa shape index (κ2) is 7.94. The molecule has 3 N–H and O–H groups in total. The van der Waals surface area contributed by atoms with Gasteiger partial charge in [-0.1, -0.05) is 0 Å². The van der Waals surface area contributed by atoms with Crippen molar-refractivity contribution in [2.45, 2.75) is 38.6 Å². The Hall–Kier alpha value is -1.88. The monoisotopic (exact) mass is 304 g/mol. The van der Waals surface area contributed by atoms with Gasteiger partial charge in [0.25, 0.3) is 0 Å². The molecule has 1 fully saturated rings. The molecule has 0 aliphatic heterocycles. The summed E-state index contributed by atoms with van der Waals surface area (Å²) in [6.45, 7) is 2.52. The molecule has 0 aromatic heterocycles. The maximum atomic E-state index is 11.8. The van der Waals surface area contributed by atoms with Crippen LogP contribution in [-0.4, -0.2) is 30.9 Å². The van der Waals surface area contributed by atoms with Crippen LogP contribution in [0.1, 0.15) is 43.0 Å². The van der Waals surface area contributed by atoms with Crippen LogP contribution in [-0.2, 0) is 4.79 Å². The maximum Gasteiger partial charge on any atom is 0.220 e. The Morgan fingerprint density at radius 1 is 1.32 bits per heavy atom. The van der Waals surface area contributed by atoms with Crippen molar-refractivity contribution in [2.24, 2.45) is 11.7 Å². The molecule has 1 saturated carbocycles. The lowest BCUT2D eigenvalue weighted by molar-refractivity contribution is -0.122. The number of amides is 1. The molecule has 0 saturated heterocycles. The van der Waals surface area contributed by atoms with Gasteiger partial charge in [-0.2, -0.15) is 0 Å². The molecule has 0 spiro atoms. The molecule has 22 heavy (non-hydrogen) atoms. The number of Topliss-reactive ketones (excluding diaryl/α,β-unsaturated/α-hetero) is 1. The molecule has 1 unspecified atom stereocenters. The van der Waals surface area contributed by atoms with Crippen molar-refractivity contribution in [3.8, 4) is 5.75 Å². The van der Waals surface area contributed by atoms with Crippen molar-refractivity contribution in [2.75, 3.05) is 13.2 Å². The van der Waals surface area contributed by atoms with E-state index in [1.165, 1.54) is 19.8 Å². The summed E-state index contributed by atoms with van der Waals surface area (Å²) in [5.41, 5.74) is 6.33. The summed E-state index contributed by atoms with van der Waals surface area (Å²) in [6.07, 6.45) is 3.43. The van der Waals surface area contributed by atoms with E-state index in [0.717, 1.165) is 0 Å². The van der Waals surface area contributed by atoms with Crippen LogP contribution in [0.15, 0.2) is 24.3 Å². The van der Waals surface area contributed by atoms with Gasteiger partial charge in [0.15, 0.2) is 5.78 Å². The lowest BCUT2D eigenvalue weighted by Crippen LogP contribution is -2.41. The highest BCUT2D eigenvalue weighted by atomic mass is 16.5. The number of carbonyl (C=O) groups excluding carboxylic acids is 2. The van der Waals surface area contributed by atoms with Crippen molar-refractivity contribution in [3.05, 3.63) is 29.8 Å². The highest BCUT2D eigenvalue weighted by Gasteiger charge is 2.30. The van der Waals surface area contributed by atoms with Crippen molar-refractivity contribution in [3.63, 3.8) is 0 Å². The van der Waals surface area contributed by atoms with Crippen LogP contribution in [0.3, 0.4) is 0 Å². The van der Waals surface area contributed by atoms with Gasteiger partial charge < -0.3 is 15.8 Å². The molecule has 1 aliphatic rings. The van der Waals surface area contributed by atoms with Crippen LogP contribution in [0, 0.1) is 5.92 Å². The van der Waals surface area contributed by atoms with E-state index in [9.17, 15) is 9.59 Å². The second-order valence-corrected chi connectivity index (χ2v) is 5.78. The third-order valence-corrected chi connectivity index (χ3v) is 3.87. The van der Waals surface area contributed by atoms with Crippen LogP contribution in [0.25, 0.3) is 0 Å². The number of hydrogen-bond donors (Lipinski definition) is 2. The highest BCUT2D eigenvalue weighted by Crippen LogP contribution is 2.32. The Labute approximate surface area is 131 Å². The third kappa shape index (κ3) is 5.15. The Balaban J connectivity index is 1.63. The third-order valence-electron chi connectivity index (χ3n) is 3.87. The zero-order chi connectivity index (χ0) is 15.9. The molecule has 1 aromatic carbocycles. The highest BCUT2D eigenvalue weighted by molar-refractivity contribution is 5.94. The molecule has 1 aromatic rings. The normalized spacial score (nSPS) is 15.2. The SMILES string of the molecule is CC(=O)c1ccc(OCCCC(=O)NC(CN)C2CC2)cc1. The quantitative estimate of drug-likeness (QED) is 0.539. The van der Waals surface area contributed by atoms with Gasteiger partial charge in [-0.3, -0.25) is 9.59 Å². The molecule has 2 rings (SSSR count). The van der Waals surface area contributed by atoms with E-state index in [1.807, 2.05) is 0 Å². The summed E-state index contributed by atoms with van der Waals surface area (Å²) in [6, 6.07) is 7.16. The number of ketones is 1. The molecular weight excluding hydrogens is 280 g/mol. The Morgan fingerprint density at radius 3 is 2.55 bits per heavy atom. The van der Waals surface area contributed by atoms with E-state index in [4.69, 9.17) is 10.5 Å². The number of nitrogens with two attached hydrogens (primary N) is 1. The zero-order valence-corrected chi connectivity index (χ0v) is 13.0. The molecule has 120 valence electrons. The number of ether oxygens (including phenoxy) is 1. The Bertz CT molecular complexity index is 509. The van der Waals surface area contributed by atoms with Gasteiger partial charge in [-0.25, -0.2) is 0 Å². The fraction of sp³-hybridized carbons (Fsp3) is 0.529. The van der Waals surface area contributed by atoms with Crippen molar-refractivity contribution in [1.29, 1.82) is 0 Å². The average molecular weight is 304 g/mol. The second-order valence-electron chi connectivity index (χ2n) is 5.78. The molecule has 0 radical (unpaired) electrons. The van der Waals surface area contributed by atoms with Crippen LogP contribution in [0.5, 0.6) is 5.75 Å². The average Bonchev–Trinajstić information content (AvgIpc) is 3.34. The number of carbonyl (C=O) groups is 2. The predicted octanol–water partition coefficient (Wildman–Crippen LogP) is 1.90. The number of rotatable bonds is 9. The fourth-order valence-electron chi connectivity index (χ4n) is 2.36. The van der Waals surface area contributed by atoms with Crippen LogP contribution < -0.4 is 15.8 Å². The predicted molar refractivity (Wildman–Crippen MR) is 84.9 cm³/mol. The molecular formula is C17H24N2O3. The molecule has 5 heteroatoms. The van der Waals surface area contributed by atoms with E-state index >= 15 is 0 Å². The van der Waals surface area contributed by atoms with Crippen LogP contribution in [0.2, 0.25) is 0 Å². The van der Waals surface area contributed by atoms with Gasteiger partial charge in [0.05, 0.1) is 6.61 Å². The summed E-state index contributed by atoms with van der Waals surface area (Å²) in [5.74, 6) is 1.36. The minimum atomic E-state index is 0.0355. The van der Waals surface area contributed by atoms with E-state index < -0.39 is 0 Å². The molecule has 5 nitrogen and oxygen atoms in total. The van der Waals surface area contributed by atoms with Crippen molar-refractivity contribution < 1.29 is 14.3 Å². The standard InChI is InChI=1S/C17H24N2O3/c1-12(20)13-6-8-15(9-7-13)22-10-2-3-17(21)19-16(11-18)14-4-5-14/h6-9,14,16H,2-5,10-11,18H2,1H3,(H,19,21). The smallest absolute Gasteiger partial charge is 0.220 e. The van der Waals surface area contributed by atoms with Gasteiger partial charge in [-0.05, 0) is 56.4 Å². The van der Waals surface area contributed by atoms with Crippen molar-refractivity contribution in [1.82, 2.24) is 5.32 Å². The van der Waals surface area contributed by atoms with Crippen LogP contribution in [0.4, 0.5) is 0 Å². The lowest BCUT2D eigenvalue weighted by atomic mass is 10.1. The summed E-state index contributed by atoms with van der Waals surface area (Å²) < 4.78 is 5.57. The largest absolute Gasteiger partial charge is 0.494 e. The van der Waals surface area contributed by atoms with E-state index in [2.05, 4.69) is 5.32 Å². The number of nitrogens with one attached hydrogen (secondary N) is 1. The van der Waals surface area contributed by atoms with E-state index in [0.29, 0.717) is 43.2 Å². The summed E-state index contributed by atoms with van der Waals surface area (Å²) in [7, 11) is 0. The van der Waals surface area contributed by atoms with Gasteiger partial charge in [-0.15, -0.1) is 0 Å². The fourth-order valence-corrected chi connectivity index (χ4v) is 2.36. The van der Waals surface area contributed by atoms with Gasteiger partial charge >= 0.3 is 0 Å². The Kier molecular flexibility index (Phi) is 5.95. The molecule has 1 aliphatic carbocycles. The van der Waals surface area contributed by atoms with E-state index in [1.54, 1.807) is 24.3 Å². The first kappa shape index (κ1) is 16.5. The first-order valence-corrected chi connectivity index (χ1v) is 7.83. The minimum absolute atomic E-state index is 0.0355. The number of benzene rings is 1. The summed E-state index contributed by atoms with van der Waals surface area (Å²) in [4.78, 5) is 23.0. The van der Waals surface area contributed by atoms with Crippen LogP contribution >= 0.6 is 0 Å². The zero-order valence-electron chi connectivity index (χ0n) is 13.0. The number of hydrogen-bond acceptors (Lipinski definition) is 4. The summed E-state index contributed by atoms with van der Waals surface area (Å²) in [5, 5.41) is 2.99. The first-order chi connectivity index (χ1) is 10.6. The first-order valence-electron chi connectivity index (χ1n) is 7.83. The minimum Gasteiger partial charge on any atom is -0.494 e. The Morgan fingerprint density at radius 2 is 2.00 bits per heavy atom.